The van der Waals surface area contributed by atoms with Gasteiger partial charge in [0.1, 0.15) is 5.75 Å². The maximum Gasteiger partial charge on any atom is 0.240 e. The minimum atomic E-state index is -3.60. The topological polar surface area (TPSA) is 94.3 Å². The Hall–Kier alpha value is -1.93. The molecule has 1 heterocycles. The molecule has 0 aliphatic carbocycles. The Morgan fingerprint density at radius 3 is 2.52 bits per heavy atom. The Balaban J connectivity index is 2.11. The van der Waals surface area contributed by atoms with E-state index in [1.54, 1.807) is 26.0 Å². The van der Waals surface area contributed by atoms with Crippen molar-refractivity contribution in [2.24, 2.45) is 0 Å². The summed E-state index contributed by atoms with van der Waals surface area (Å²) in [5.41, 5.74) is 1.42. The summed E-state index contributed by atoms with van der Waals surface area (Å²) in [7, 11) is -3.60. The molecule has 0 saturated carbocycles. The van der Waals surface area contributed by atoms with Gasteiger partial charge in [-0.15, -0.1) is 10.2 Å². The molecule has 0 spiro atoms. The maximum absolute atomic E-state index is 12.5. The number of aryl methyl sites for hydroxylation is 3. The van der Waals surface area contributed by atoms with Gasteiger partial charge in [-0.3, -0.25) is 0 Å². The van der Waals surface area contributed by atoms with E-state index in [1.807, 2.05) is 13.8 Å². The quantitative estimate of drug-likeness (QED) is 0.828. The Labute approximate surface area is 136 Å². The number of hydrogen-bond acceptors (Lipinski definition) is 6. The van der Waals surface area contributed by atoms with Crippen LogP contribution < -0.4 is 9.46 Å². The number of sulfonamides is 1. The minimum absolute atomic E-state index is 0.190. The molecule has 1 N–H and O–H groups in total. The van der Waals surface area contributed by atoms with Gasteiger partial charge in [0.25, 0.3) is 0 Å². The van der Waals surface area contributed by atoms with Crippen molar-refractivity contribution < 1.29 is 17.6 Å². The van der Waals surface area contributed by atoms with Crippen molar-refractivity contribution in [1.29, 1.82) is 0 Å². The molecule has 0 atom stereocenters. The molecule has 23 heavy (non-hydrogen) atoms. The van der Waals surface area contributed by atoms with Crippen LogP contribution in [0.2, 0.25) is 0 Å². The first-order valence-electron chi connectivity index (χ1n) is 7.36. The fourth-order valence-electron chi connectivity index (χ4n) is 2.17. The standard InChI is InChI=1S/C15H21N3O4S/c1-5-21-13-8-11(3)14(9-10(13)2)23(19,20)16-7-6-15-18-17-12(4)22-15/h8-9,16H,5-7H2,1-4H3. The number of ether oxygens (including phenoxy) is 1. The first kappa shape index (κ1) is 17.4. The zero-order valence-corrected chi connectivity index (χ0v) is 14.5. The van der Waals surface area contributed by atoms with Crippen LogP contribution in [0.15, 0.2) is 21.4 Å². The van der Waals surface area contributed by atoms with E-state index in [1.165, 1.54) is 0 Å². The largest absolute Gasteiger partial charge is 0.494 e. The molecule has 2 rings (SSSR count). The summed E-state index contributed by atoms with van der Waals surface area (Å²) < 4.78 is 38.2. The lowest BCUT2D eigenvalue weighted by Crippen LogP contribution is -2.26. The molecule has 0 aliphatic heterocycles. The predicted octanol–water partition coefficient (Wildman–Crippen LogP) is 1.91. The molecular formula is C15H21N3O4S. The highest BCUT2D eigenvalue weighted by Crippen LogP contribution is 2.25. The highest BCUT2D eigenvalue weighted by molar-refractivity contribution is 7.89. The summed E-state index contributed by atoms with van der Waals surface area (Å²) in [5.74, 6) is 1.57. The molecule has 0 fully saturated rings. The van der Waals surface area contributed by atoms with Gasteiger partial charge in [0.15, 0.2) is 0 Å². The third kappa shape index (κ3) is 4.29. The Morgan fingerprint density at radius 1 is 1.17 bits per heavy atom. The highest BCUT2D eigenvalue weighted by Gasteiger charge is 2.19. The van der Waals surface area contributed by atoms with Crippen LogP contribution in [0.3, 0.4) is 0 Å². The summed E-state index contributed by atoms with van der Waals surface area (Å²) in [6, 6.07) is 3.37. The third-order valence-corrected chi connectivity index (χ3v) is 4.86. The normalized spacial score (nSPS) is 11.7. The summed E-state index contributed by atoms with van der Waals surface area (Å²) in [6.45, 7) is 7.87. The van der Waals surface area contributed by atoms with E-state index >= 15 is 0 Å². The lowest BCUT2D eigenvalue weighted by molar-refractivity contribution is 0.337. The fourth-order valence-corrected chi connectivity index (χ4v) is 3.51. The van der Waals surface area contributed by atoms with Crippen LogP contribution in [0.5, 0.6) is 5.75 Å². The second-order valence-electron chi connectivity index (χ2n) is 5.18. The summed E-state index contributed by atoms with van der Waals surface area (Å²) in [5, 5.41) is 7.54. The van der Waals surface area contributed by atoms with Crippen LogP contribution >= 0.6 is 0 Å². The SMILES string of the molecule is CCOc1cc(C)c(S(=O)(=O)NCCc2nnc(C)o2)cc1C. The first-order chi connectivity index (χ1) is 10.8. The molecule has 0 saturated heterocycles. The third-order valence-electron chi connectivity index (χ3n) is 3.26. The van der Waals surface area contributed by atoms with Crippen molar-refractivity contribution in [3.63, 3.8) is 0 Å². The van der Waals surface area contributed by atoms with E-state index in [2.05, 4.69) is 14.9 Å². The van der Waals surface area contributed by atoms with Crippen LogP contribution in [-0.2, 0) is 16.4 Å². The first-order valence-corrected chi connectivity index (χ1v) is 8.84. The maximum atomic E-state index is 12.5. The van der Waals surface area contributed by atoms with E-state index in [9.17, 15) is 8.42 Å². The number of nitrogens with one attached hydrogen (secondary N) is 1. The van der Waals surface area contributed by atoms with Crippen molar-refractivity contribution in [2.45, 2.75) is 39.0 Å². The Morgan fingerprint density at radius 2 is 1.91 bits per heavy atom. The molecule has 0 aliphatic rings. The molecular weight excluding hydrogens is 318 g/mol. The van der Waals surface area contributed by atoms with Crippen LogP contribution in [0.4, 0.5) is 0 Å². The van der Waals surface area contributed by atoms with E-state index in [4.69, 9.17) is 9.15 Å². The Kier molecular flexibility index (Phi) is 5.38. The predicted molar refractivity (Wildman–Crippen MR) is 85.0 cm³/mol. The molecule has 126 valence electrons. The number of nitrogens with zero attached hydrogens (tertiary/aromatic N) is 2. The number of aromatic nitrogens is 2. The smallest absolute Gasteiger partial charge is 0.240 e. The van der Waals surface area contributed by atoms with Crippen molar-refractivity contribution in [3.05, 3.63) is 35.0 Å². The second kappa shape index (κ2) is 7.10. The fraction of sp³-hybridized carbons (Fsp3) is 0.467. The molecule has 7 nitrogen and oxygen atoms in total. The number of hydrogen-bond donors (Lipinski definition) is 1. The van der Waals surface area contributed by atoms with Gasteiger partial charge in [-0.2, -0.15) is 0 Å². The van der Waals surface area contributed by atoms with Crippen molar-refractivity contribution in [3.8, 4) is 5.75 Å². The minimum Gasteiger partial charge on any atom is -0.494 e. The van der Waals surface area contributed by atoms with Crippen LogP contribution in [0.25, 0.3) is 0 Å². The lowest BCUT2D eigenvalue weighted by atomic mass is 10.1. The van der Waals surface area contributed by atoms with Crippen LogP contribution in [-0.4, -0.2) is 31.8 Å². The van der Waals surface area contributed by atoms with E-state index in [0.717, 1.165) is 5.56 Å². The molecule has 2 aromatic rings. The van der Waals surface area contributed by atoms with Gasteiger partial charge in [0.2, 0.25) is 21.8 Å². The zero-order valence-electron chi connectivity index (χ0n) is 13.7. The van der Waals surface area contributed by atoms with Gasteiger partial charge < -0.3 is 9.15 Å². The molecule has 1 aromatic heterocycles. The molecule has 1 aromatic carbocycles. The average molecular weight is 339 g/mol. The van der Waals surface area contributed by atoms with Crippen LogP contribution in [0.1, 0.15) is 29.8 Å². The molecule has 0 unspecified atom stereocenters. The van der Waals surface area contributed by atoms with E-state index in [-0.39, 0.29) is 11.4 Å². The van der Waals surface area contributed by atoms with Crippen molar-refractivity contribution in [2.75, 3.05) is 13.2 Å². The van der Waals surface area contributed by atoms with Gasteiger partial charge >= 0.3 is 0 Å². The summed E-state index contributed by atoms with van der Waals surface area (Å²) in [6.07, 6.45) is 0.342. The van der Waals surface area contributed by atoms with Gasteiger partial charge in [-0.25, -0.2) is 13.1 Å². The molecule has 8 heteroatoms. The number of rotatable bonds is 7. The van der Waals surface area contributed by atoms with Crippen molar-refractivity contribution >= 4 is 10.0 Å². The molecule has 0 bridgehead atoms. The van der Waals surface area contributed by atoms with Gasteiger partial charge in [-0.1, -0.05) is 0 Å². The van der Waals surface area contributed by atoms with Crippen molar-refractivity contribution in [1.82, 2.24) is 14.9 Å². The van der Waals surface area contributed by atoms with Gasteiger partial charge in [0.05, 0.1) is 11.5 Å². The summed E-state index contributed by atoms with van der Waals surface area (Å²) in [4.78, 5) is 0.250. The van der Waals surface area contributed by atoms with Gasteiger partial charge in [-0.05, 0) is 44.0 Å². The molecule has 0 radical (unpaired) electrons. The van der Waals surface area contributed by atoms with Gasteiger partial charge in [0, 0.05) is 19.9 Å². The number of benzene rings is 1. The Bertz CT molecular complexity index is 784. The lowest BCUT2D eigenvalue weighted by Gasteiger charge is -2.13. The molecule has 0 amide bonds. The highest BCUT2D eigenvalue weighted by atomic mass is 32.2. The average Bonchev–Trinajstić information content (AvgIpc) is 2.88. The van der Waals surface area contributed by atoms with Crippen LogP contribution in [0, 0.1) is 20.8 Å². The van der Waals surface area contributed by atoms with E-state index < -0.39 is 10.0 Å². The van der Waals surface area contributed by atoms with E-state index in [0.29, 0.717) is 36.1 Å². The summed E-state index contributed by atoms with van der Waals surface area (Å²) >= 11 is 0. The monoisotopic (exact) mass is 339 g/mol. The second-order valence-corrected chi connectivity index (χ2v) is 6.91. The zero-order chi connectivity index (χ0) is 17.0.